The molecule has 0 bridgehead atoms. The molecular formula is C16H14N2O5. The van der Waals surface area contributed by atoms with Gasteiger partial charge in [0, 0.05) is 11.6 Å². The molecule has 7 heteroatoms. The van der Waals surface area contributed by atoms with E-state index in [1.165, 1.54) is 37.4 Å². The molecule has 0 fully saturated rings. The highest BCUT2D eigenvalue weighted by Gasteiger charge is 2.16. The molecule has 0 saturated heterocycles. The number of nitrogens with one attached hydrogen (secondary N) is 1. The van der Waals surface area contributed by atoms with Gasteiger partial charge in [-0.05, 0) is 31.2 Å². The van der Waals surface area contributed by atoms with Gasteiger partial charge in [-0.2, -0.15) is 0 Å². The third-order valence-corrected chi connectivity index (χ3v) is 3.30. The number of amides is 1. The lowest BCUT2D eigenvalue weighted by Crippen LogP contribution is -2.14. The van der Waals surface area contributed by atoms with Gasteiger partial charge in [0.05, 0.1) is 28.8 Å². The van der Waals surface area contributed by atoms with E-state index in [1.54, 1.807) is 19.1 Å². The zero-order valence-electron chi connectivity index (χ0n) is 12.5. The number of carbonyl (C=O) groups is 2. The first kappa shape index (κ1) is 16.2. The minimum atomic E-state index is -0.550. The topological polar surface area (TPSA) is 98.5 Å². The molecule has 0 heterocycles. The van der Waals surface area contributed by atoms with Crippen LogP contribution in [0.25, 0.3) is 0 Å². The van der Waals surface area contributed by atoms with E-state index in [-0.39, 0.29) is 16.8 Å². The van der Waals surface area contributed by atoms with Gasteiger partial charge < -0.3 is 10.1 Å². The van der Waals surface area contributed by atoms with Gasteiger partial charge in [-0.15, -0.1) is 0 Å². The second-order valence-electron chi connectivity index (χ2n) is 4.73. The van der Waals surface area contributed by atoms with Crippen LogP contribution >= 0.6 is 0 Å². The maximum atomic E-state index is 12.3. The number of ether oxygens (including phenoxy) is 1. The molecule has 0 atom stereocenters. The van der Waals surface area contributed by atoms with Crippen LogP contribution in [-0.2, 0) is 4.74 Å². The van der Waals surface area contributed by atoms with Gasteiger partial charge in [0.2, 0.25) is 0 Å². The Morgan fingerprint density at radius 2 is 1.78 bits per heavy atom. The van der Waals surface area contributed by atoms with E-state index in [0.717, 1.165) is 0 Å². The van der Waals surface area contributed by atoms with E-state index < -0.39 is 16.8 Å². The van der Waals surface area contributed by atoms with Gasteiger partial charge in [0.25, 0.3) is 11.6 Å². The number of nitro benzene ring substituents is 1. The number of rotatable bonds is 4. The summed E-state index contributed by atoms with van der Waals surface area (Å²) in [7, 11) is 1.25. The molecule has 0 aliphatic carbocycles. The molecule has 2 rings (SSSR count). The molecule has 0 spiro atoms. The Morgan fingerprint density at radius 1 is 1.13 bits per heavy atom. The average molecular weight is 314 g/mol. The summed E-state index contributed by atoms with van der Waals surface area (Å²) in [6.07, 6.45) is 0. The standard InChI is InChI=1S/C16H14N2O5/c1-10-13(7-4-8-14(10)18(21)22)17-15(19)11-5-3-6-12(9-11)16(20)23-2/h3-9H,1-2H3,(H,17,19). The Hall–Kier alpha value is -3.22. The fraction of sp³-hybridized carbons (Fsp3) is 0.125. The third kappa shape index (κ3) is 3.52. The molecule has 0 aliphatic rings. The van der Waals surface area contributed by atoms with E-state index in [9.17, 15) is 19.7 Å². The Morgan fingerprint density at radius 3 is 2.43 bits per heavy atom. The first-order valence-corrected chi connectivity index (χ1v) is 6.67. The fourth-order valence-corrected chi connectivity index (χ4v) is 2.06. The highest BCUT2D eigenvalue weighted by atomic mass is 16.6. The smallest absolute Gasteiger partial charge is 0.337 e. The quantitative estimate of drug-likeness (QED) is 0.531. The van der Waals surface area contributed by atoms with Crippen molar-refractivity contribution in [1.29, 1.82) is 0 Å². The Bertz CT molecular complexity index is 786. The Labute approximate surface area is 132 Å². The van der Waals surface area contributed by atoms with Crippen molar-refractivity contribution in [3.8, 4) is 0 Å². The maximum Gasteiger partial charge on any atom is 0.337 e. The molecule has 0 saturated carbocycles. The molecule has 7 nitrogen and oxygen atoms in total. The number of nitro groups is 1. The van der Waals surface area contributed by atoms with Crippen molar-refractivity contribution in [2.24, 2.45) is 0 Å². The molecular weight excluding hydrogens is 300 g/mol. The highest BCUT2D eigenvalue weighted by Crippen LogP contribution is 2.25. The van der Waals surface area contributed by atoms with E-state index in [1.807, 2.05) is 0 Å². The van der Waals surface area contributed by atoms with Gasteiger partial charge in [-0.25, -0.2) is 4.79 Å². The van der Waals surface area contributed by atoms with Gasteiger partial charge in [-0.3, -0.25) is 14.9 Å². The Kier molecular flexibility index (Phi) is 4.70. The summed E-state index contributed by atoms with van der Waals surface area (Å²) >= 11 is 0. The molecule has 1 N–H and O–H groups in total. The van der Waals surface area contributed by atoms with Crippen molar-refractivity contribution in [1.82, 2.24) is 0 Å². The fourth-order valence-electron chi connectivity index (χ4n) is 2.06. The van der Waals surface area contributed by atoms with Crippen LogP contribution in [0.15, 0.2) is 42.5 Å². The van der Waals surface area contributed by atoms with Crippen molar-refractivity contribution >= 4 is 23.3 Å². The summed E-state index contributed by atoms with van der Waals surface area (Å²) in [5.74, 6) is -1.02. The summed E-state index contributed by atoms with van der Waals surface area (Å²) < 4.78 is 4.60. The lowest BCUT2D eigenvalue weighted by atomic mass is 10.1. The zero-order valence-corrected chi connectivity index (χ0v) is 12.5. The summed E-state index contributed by atoms with van der Waals surface area (Å²) in [5.41, 5.74) is 1.11. The lowest BCUT2D eigenvalue weighted by Gasteiger charge is -2.09. The molecule has 23 heavy (non-hydrogen) atoms. The van der Waals surface area contributed by atoms with E-state index in [0.29, 0.717) is 11.3 Å². The van der Waals surface area contributed by atoms with Crippen molar-refractivity contribution in [2.45, 2.75) is 6.92 Å². The lowest BCUT2D eigenvalue weighted by molar-refractivity contribution is -0.385. The average Bonchev–Trinajstić information content (AvgIpc) is 2.55. The van der Waals surface area contributed by atoms with Crippen LogP contribution in [0.1, 0.15) is 26.3 Å². The summed E-state index contributed by atoms with van der Waals surface area (Å²) in [6.45, 7) is 1.55. The van der Waals surface area contributed by atoms with Gasteiger partial charge in [-0.1, -0.05) is 12.1 Å². The highest BCUT2D eigenvalue weighted by molar-refractivity contribution is 6.06. The molecule has 2 aromatic carbocycles. The molecule has 0 radical (unpaired) electrons. The molecule has 0 aromatic heterocycles. The predicted octanol–water partition coefficient (Wildman–Crippen LogP) is 2.94. The monoisotopic (exact) mass is 314 g/mol. The normalized spacial score (nSPS) is 10.0. The molecule has 118 valence electrons. The SMILES string of the molecule is COC(=O)c1cccc(C(=O)Nc2cccc([N+](=O)[O-])c2C)c1. The van der Waals surface area contributed by atoms with Crippen molar-refractivity contribution < 1.29 is 19.2 Å². The van der Waals surface area contributed by atoms with Crippen molar-refractivity contribution in [2.75, 3.05) is 12.4 Å². The number of hydrogen-bond donors (Lipinski definition) is 1. The number of carbonyl (C=O) groups excluding carboxylic acids is 2. The number of anilines is 1. The largest absolute Gasteiger partial charge is 0.465 e. The summed E-state index contributed by atoms with van der Waals surface area (Å²) in [4.78, 5) is 34.2. The first-order valence-electron chi connectivity index (χ1n) is 6.67. The van der Waals surface area contributed by atoms with Crippen LogP contribution in [0.3, 0.4) is 0 Å². The first-order chi connectivity index (χ1) is 10.9. The van der Waals surface area contributed by atoms with Crippen molar-refractivity contribution in [3.05, 3.63) is 69.3 Å². The van der Waals surface area contributed by atoms with Gasteiger partial charge in [0.15, 0.2) is 0 Å². The second kappa shape index (κ2) is 6.69. The number of nitrogens with zero attached hydrogens (tertiary/aromatic N) is 1. The molecule has 1 amide bonds. The second-order valence-corrected chi connectivity index (χ2v) is 4.73. The minimum absolute atomic E-state index is 0.0777. The zero-order chi connectivity index (χ0) is 17.0. The van der Waals surface area contributed by atoms with E-state index in [2.05, 4.69) is 10.1 Å². The number of benzene rings is 2. The molecule has 0 unspecified atom stereocenters. The van der Waals surface area contributed by atoms with Gasteiger partial charge in [0.1, 0.15) is 0 Å². The predicted molar refractivity (Wildman–Crippen MR) is 83.6 cm³/mol. The number of hydrogen-bond acceptors (Lipinski definition) is 5. The molecule has 0 aliphatic heterocycles. The number of methoxy groups -OCH3 is 1. The van der Waals surface area contributed by atoms with Crippen LogP contribution in [0, 0.1) is 17.0 Å². The minimum Gasteiger partial charge on any atom is -0.465 e. The van der Waals surface area contributed by atoms with Crippen LogP contribution in [-0.4, -0.2) is 23.9 Å². The van der Waals surface area contributed by atoms with Gasteiger partial charge >= 0.3 is 5.97 Å². The Balaban J connectivity index is 2.28. The van der Waals surface area contributed by atoms with Crippen LogP contribution in [0.5, 0.6) is 0 Å². The van der Waals surface area contributed by atoms with E-state index in [4.69, 9.17) is 0 Å². The summed E-state index contributed by atoms with van der Waals surface area (Å²) in [6, 6.07) is 10.4. The van der Waals surface area contributed by atoms with Crippen molar-refractivity contribution in [3.63, 3.8) is 0 Å². The van der Waals surface area contributed by atoms with Crippen LogP contribution in [0.4, 0.5) is 11.4 Å². The molecule has 2 aromatic rings. The van der Waals surface area contributed by atoms with Crippen LogP contribution < -0.4 is 5.32 Å². The van der Waals surface area contributed by atoms with Crippen LogP contribution in [0.2, 0.25) is 0 Å². The third-order valence-electron chi connectivity index (χ3n) is 3.30. The maximum absolute atomic E-state index is 12.3. The van der Waals surface area contributed by atoms with E-state index >= 15 is 0 Å². The summed E-state index contributed by atoms with van der Waals surface area (Å²) in [5, 5.41) is 13.5. The number of esters is 1.